The Hall–Kier alpha value is -0.570. The summed E-state index contributed by atoms with van der Waals surface area (Å²) in [5, 5.41) is 3.07. The predicted molar refractivity (Wildman–Crippen MR) is 62.3 cm³/mol. The van der Waals surface area contributed by atoms with Gasteiger partial charge in [-0.25, -0.2) is 0 Å². The zero-order chi connectivity index (χ0) is 11.4. The molecule has 0 saturated heterocycles. The quantitative estimate of drug-likeness (QED) is 0.745. The summed E-state index contributed by atoms with van der Waals surface area (Å²) in [5.41, 5.74) is 5.33. The molecule has 3 atom stereocenters. The fraction of sp³-hybridized carbons (Fsp3) is 0.917. The Morgan fingerprint density at radius 3 is 2.67 bits per heavy atom. The summed E-state index contributed by atoms with van der Waals surface area (Å²) >= 11 is 0. The van der Waals surface area contributed by atoms with Crippen LogP contribution in [0.2, 0.25) is 0 Å². The molecule has 1 fully saturated rings. The van der Waals surface area contributed by atoms with Gasteiger partial charge in [0, 0.05) is 6.04 Å². The highest BCUT2D eigenvalue weighted by atomic mass is 16.1. The van der Waals surface area contributed by atoms with Crippen molar-refractivity contribution < 1.29 is 4.79 Å². The molecule has 1 rings (SSSR count). The van der Waals surface area contributed by atoms with Crippen molar-refractivity contribution in [1.29, 1.82) is 0 Å². The van der Waals surface area contributed by atoms with E-state index in [1.807, 2.05) is 0 Å². The van der Waals surface area contributed by atoms with Crippen LogP contribution in [0.3, 0.4) is 0 Å². The standard InChI is InChI=1S/C12H24N2O/c1-8(2)10-5-4-9(3)6-11(10)14-12(15)7-13/h8-11H,4-7,13H2,1-3H3,(H,14,15). The van der Waals surface area contributed by atoms with E-state index in [1.54, 1.807) is 0 Å². The molecule has 0 aliphatic heterocycles. The normalized spacial score (nSPS) is 31.7. The van der Waals surface area contributed by atoms with Gasteiger partial charge in [-0.2, -0.15) is 0 Å². The van der Waals surface area contributed by atoms with Gasteiger partial charge in [0.05, 0.1) is 6.54 Å². The van der Waals surface area contributed by atoms with Crippen LogP contribution >= 0.6 is 0 Å². The molecule has 0 bridgehead atoms. The van der Waals surface area contributed by atoms with Crippen molar-refractivity contribution in [3.63, 3.8) is 0 Å². The Morgan fingerprint density at radius 1 is 1.47 bits per heavy atom. The van der Waals surface area contributed by atoms with E-state index in [4.69, 9.17) is 5.73 Å². The number of nitrogens with one attached hydrogen (secondary N) is 1. The fourth-order valence-corrected chi connectivity index (χ4v) is 2.63. The summed E-state index contributed by atoms with van der Waals surface area (Å²) in [6, 6.07) is 0.338. The number of carbonyl (C=O) groups excluding carboxylic acids is 1. The van der Waals surface area contributed by atoms with Gasteiger partial charge in [0.25, 0.3) is 0 Å². The Balaban J connectivity index is 2.57. The lowest BCUT2D eigenvalue weighted by molar-refractivity contribution is -0.121. The number of carbonyl (C=O) groups is 1. The molecular weight excluding hydrogens is 188 g/mol. The highest BCUT2D eigenvalue weighted by molar-refractivity contribution is 5.78. The smallest absolute Gasteiger partial charge is 0.233 e. The van der Waals surface area contributed by atoms with Crippen LogP contribution in [-0.2, 0) is 4.79 Å². The van der Waals surface area contributed by atoms with Gasteiger partial charge in [-0.3, -0.25) is 4.79 Å². The monoisotopic (exact) mass is 212 g/mol. The van der Waals surface area contributed by atoms with Crippen molar-refractivity contribution >= 4 is 5.91 Å². The summed E-state index contributed by atoms with van der Waals surface area (Å²) in [6.07, 6.45) is 3.63. The third kappa shape index (κ3) is 3.49. The van der Waals surface area contributed by atoms with Crippen LogP contribution in [0.5, 0.6) is 0 Å². The van der Waals surface area contributed by atoms with E-state index >= 15 is 0 Å². The highest BCUT2D eigenvalue weighted by Gasteiger charge is 2.31. The molecule has 0 spiro atoms. The van der Waals surface area contributed by atoms with Crippen molar-refractivity contribution in [2.75, 3.05) is 6.54 Å². The minimum Gasteiger partial charge on any atom is -0.352 e. The van der Waals surface area contributed by atoms with E-state index in [2.05, 4.69) is 26.1 Å². The zero-order valence-corrected chi connectivity index (χ0v) is 10.1. The summed E-state index contributed by atoms with van der Waals surface area (Å²) in [6.45, 7) is 6.85. The Labute approximate surface area is 92.8 Å². The average Bonchev–Trinajstić information content (AvgIpc) is 2.17. The molecule has 0 aromatic heterocycles. The van der Waals surface area contributed by atoms with Crippen LogP contribution in [0, 0.1) is 17.8 Å². The summed E-state index contributed by atoms with van der Waals surface area (Å²) in [5.74, 6) is 1.97. The molecule has 1 saturated carbocycles. The fourth-order valence-electron chi connectivity index (χ4n) is 2.63. The van der Waals surface area contributed by atoms with Crippen LogP contribution in [0.1, 0.15) is 40.0 Å². The first-order chi connectivity index (χ1) is 7.04. The Bertz CT molecular complexity index is 216. The molecule has 1 aliphatic rings. The minimum absolute atomic E-state index is 0.0141. The third-order valence-corrected chi connectivity index (χ3v) is 3.55. The molecular formula is C12H24N2O. The Kier molecular flexibility index (Phi) is 4.58. The molecule has 0 heterocycles. The molecule has 3 N–H and O–H groups in total. The van der Waals surface area contributed by atoms with Crippen molar-refractivity contribution in [3.8, 4) is 0 Å². The van der Waals surface area contributed by atoms with Crippen LogP contribution in [0.4, 0.5) is 0 Å². The maximum Gasteiger partial charge on any atom is 0.233 e. The summed E-state index contributed by atoms with van der Waals surface area (Å²) in [4.78, 5) is 11.3. The van der Waals surface area contributed by atoms with Gasteiger partial charge in [-0.15, -0.1) is 0 Å². The van der Waals surface area contributed by atoms with E-state index in [9.17, 15) is 4.79 Å². The molecule has 1 amide bonds. The van der Waals surface area contributed by atoms with Gasteiger partial charge in [0.2, 0.25) is 5.91 Å². The van der Waals surface area contributed by atoms with Gasteiger partial charge >= 0.3 is 0 Å². The second kappa shape index (κ2) is 5.50. The second-order valence-electron chi connectivity index (χ2n) is 5.20. The number of amides is 1. The van der Waals surface area contributed by atoms with Crippen molar-refractivity contribution in [2.24, 2.45) is 23.5 Å². The summed E-state index contributed by atoms with van der Waals surface area (Å²) in [7, 11) is 0. The second-order valence-corrected chi connectivity index (χ2v) is 5.20. The van der Waals surface area contributed by atoms with Gasteiger partial charge in [-0.1, -0.05) is 27.2 Å². The largest absolute Gasteiger partial charge is 0.352 e. The lowest BCUT2D eigenvalue weighted by Crippen LogP contribution is -2.47. The average molecular weight is 212 g/mol. The van der Waals surface area contributed by atoms with E-state index < -0.39 is 0 Å². The number of rotatable bonds is 3. The highest BCUT2D eigenvalue weighted by Crippen LogP contribution is 2.33. The first-order valence-corrected chi connectivity index (χ1v) is 6.04. The van der Waals surface area contributed by atoms with Crippen LogP contribution < -0.4 is 11.1 Å². The maximum absolute atomic E-state index is 11.3. The first-order valence-electron chi connectivity index (χ1n) is 6.04. The lowest BCUT2D eigenvalue weighted by Gasteiger charge is -2.37. The van der Waals surface area contributed by atoms with Gasteiger partial charge in [-0.05, 0) is 30.6 Å². The van der Waals surface area contributed by atoms with Crippen LogP contribution in [0.15, 0.2) is 0 Å². The van der Waals surface area contributed by atoms with Gasteiger partial charge < -0.3 is 11.1 Å². The van der Waals surface area contributed by atoms with Crippen LogP contribution in [0.25, 0.3) is 0 Å². The number of hydrogen-bond donors (Lipinski definition) is 2. The van der Waals surface area contributed by atoms with Crippen LogP contribution in [-0.4, -0.2) is 18.5 Å². The molecule has 0 aromatic rings. The molecule has 0 radical (unpaired) electrons. The maximum atomic E-state index is 11.3. The predicted octanol–water partition coefficient (Wildman–Crippen LogP) is 1.52. The molecule has 1 aliphatic carbocycles. The van der Waals surface area contributed by atoms with Gasteiger partial charge in [0.15, 0.2) is 0 Å². The molecule has 88 valence electrons. The van der Waals surface area contributed by atoms with Gasteiger partial charge in [0.1, 0.15) is 0 Å². The molecule has 3 heteroatoms. The molecule has 0 aromatic carbocycles. The Morgan fingerprint density at radius 2 is 2.13 bits per heavy atom. The summed E-state index contributed by atoms with van der Waals surface area (Å²) < 4.78 is 0. The van der Waals surface area contributed by atoms with E-state index in [-0.39, 0.29) is 12.5 Å². The first kappa shape index (κ1) is 12.5. The van der Waals surface area contributed by atoms with Crippen molar-refractivity contribution in [2.45, 2.75) is 46.1 Å². The molecule has 3 nitrogen and oxygen atoms in total. The SMILES string of the molecule is CC1CCC(C(C)C)C(NC(=O)CN)C1. The minimum atomic E-state index is -0.0141. The zero-order valence-electron chi connectivity index (χ0n) is 10.1. The van der Waals surface area contributed by atoms with Crippen molar-refractivity contribution in [1.82, 2.24) is 5.32 Å². The number of nitrogens with two attached hydrogens (primary N) is 1. The molecule has 15 heavy (non-hydrogen) atoms. The molecule has 3 unspecified atom stereocenters. The number of hydrogen-bond acceptors (Lipinski definition) is 2. The van der Waals surface area contributed by atoms with E-state index in [0.29, 0.717) is 17.9 Å². The lowest BCUT2D eigenvalue weighted by atomic mass is 9.74. The van der Waals surface area contributed by atoms with E-state index in [1.165, 1.54) is 12.8 Å². The third-order valence-electron chi connectivity index (χ3n) is 3.55. The van der Waals surface area contributed by atoms with E-state index in [0.717, 1.165) is 12.3 Å². The van der Waals surface area contributed by atoms with Crippen molar-refractivity contribution in [3.05, 3.63) is 0 Å². The topological polar surface area (TPSA) is 55.1 Å².